The van der Waals surface area contributed by atoms with Gasteiger partial charge in [-0.05, 0) is 44.2 Å². The zero-order valence-corrected chi connectivity index (χ0v) is 13.6. The van der Waals surface area contributed by atoms with Crippen LogP contribution in [-0.2, 0) is 12.8 Å². The maximum absolute atomic E-state index is 12.6. The number of aliphatic hydroxyl groups is 1. The minimum absolute atomic E-state index is 0.141. The molecule has 2 rings (SSSR count). The van der Waals surface area contributed by atoms with E-state index in [1.54, 1.807) is 11.3 Å². The summed E-state index contributed by atoms with van der Waals surface area (Å²) in [6, 6.07) is 2.07. The summed E-state index contributed by atoms with van der Waals surface area (Å²) in [4.78, 5) is 16.7. The second-order valence-electron chi connectivity index (χ2n) is 5.95. The smallest absolute Gasteiger partial charge is 0.263 e. The van der Waals surface area contributed by atoms with Crippen LogP contribution in [-0.4, -0.2) is 34.6 Å². The fourth-order valence-electron chi connectivity index (χ4n) is 2.66. The monoisotopic (exact) mass is 295 g/mol. The molecule has 1 N–H and O–H groups in total. The number of thiophene rings is 1. The molecule has 0 radical (unpaired) electrons. The summed E-state index contributed by atoms with van der Waals surface area (Å²) in [6.07, 6.45) is 4.52. The van der Waals surface area contributed by atoms with E-state index >= 15 is 0 Å². The highest BCUT2D eigenvalue weighted by Crippen LogP contribution is 2.28. The van der Waals surface area contributed by atoms with Gasteiger partial charge in [0, 0.05) is 18.0 Å². The number of hydrogen-bond acceptors (Lipinski definition) is 3. The number of hydrogen-bond donors (Lipinski definition) is 1. The molecular formula is C16H25NO2S. The fourth-order valence-corrected chi connectivity index (χ4v) is 3.98. The maximum atomic E-state index is 12.6. The van der Waals surface area contributed by atoms with Crippen LogP contribution < -0.4 is 0 Å². The number of nitrogens with zero attached hydrogens (tertiary/aromatic N) is 1. The SMILES string of the molecule is CCCc1sc(C(=O)N2CCC(C)(O)CC2)cc1CC. The molecule has 1 fully saturated rings. The van der Waals surface area contributed by atoms with Gasteiger partial charge in [-0.1, -0.05) is 20.3 Å². The van der Waals surface area contributed by atoms with Crippen LogP contribution in [0.4, 0.5) is 0 Å². The number of carbonyl (C=O) groups excluding carboxylic acids is 1. The summed E-state index contributed by atoms with van der Waals surface area (Å²) in [5, 5.41) is 9.97. The first-order valence-corrected chi connectivity index (χ1v) is 8.41. The summed E-state index contributed by atoms with van der Waals surface area (Å²) in [7, 11) is 0. The van der Waals surface area contributed by atoms with Crippen LogP contribution >= 0.6 is 11.3 Å². The molecule has 0 spiro atoms. The largest absolute Gasteiger partial charge is 0.390 e. The molecule has 1 aliphatic heterocycles. The van der Waals surface area contributed by atoms with Crippen molar-refractivity contribution in [2.75, 3.05) is 13.1 Å². The summed E-state index contributed by atoms with van der Waals surface area (Å²) in [5.74, 6) is 0.141. The first-order chi connectivity index (χ1) is 9.46. The molecule has 1 aromatic heterocycles. The molecule has 1 aliphatic rings. The van der Waals surface area contributed by atoms with Crippen LogP contribution in [0.1, 0.15) is 60.1 Å². The Labute approximate surface area is 125 Å². The van der Waals surface area contributed by atoms with E-state index < -0.39 is 5.60 Å². The van der Waals surface area contributed by atoms with E-state index in [0.717, 1.165) is 24.1 Å². The number of piperidine rings is 1. The molecule has 2 heterocycles. The first kappa shape index (κ1) is 15.5. The maximum Gasteiger partial charge on any atom is 0.263 e. The highest BCUT2D eigenvalue weighted by atomic mass is 32.1. The lowest BCUT2D eigenvalue weighted by Gasteiger charge is -2.35. The Morgan fingerprint density at radius 1 is 1.40 bits per heavy atom. The number of rotatable bonds is 4. The minimum atomic E-state index is -0.603. The first-order valence-electron chi connectivity index (χ1n) is 7.60. The number of carbonyl (C=O) groups is 1. The molecule has 0 unspecified atom stereocenters. The second-order valence-corrected chi connectivity index (χ2v) is 7.09. The molecular weight excluding hydrogens is 270 g/mol. The Kier molecular flexibility index (Phi) is 4.86. The third-order valence-corrected chi connectivity index (χ3v) is 5.32. The molecule has 0 bridgehead atoms. The van der Waals surface area contributed by atoms with Crippen molar-refractivity contribution in [2.24, 2.45) is 0 Å². The molecule has 0 atom stereocenters. The van der Waals surface area contributed by atoms with E-state index in [1.165, 1.54) is 10.4 Å². The van der Waals surface area contributed by atoms with Crippen LogP contribution in [0.2, 0.25) is 0 Å². The fraction of sp³-hybridized carbons (Fsp3) is 0.688. The van der Waals surface area contributed by atoms with Gasteiger partial charge in [-0.25, -0.2) is 0 Å². The van der Waals surface area contributed by atoms with Gasteiger partial charge < -0.3 is 10.0 Å². The molecule has 4 heteroatoms. The average Bonchev–Trinajstić information content (AvgIpc) is 2.81. The van der Waals surface area contributed by atoms with E-state index in [4.69, 9.17) is 0 Å². The van der Waals surface area contributed by atoms with Crippen molar-refractivity contribution in [3.05, 3.63) is 21.4 Å². The van der Waals surface area contributed by atoms with Gasteiger partial charge in [-0.3, -0.25) is 4.79 Å². The Balaban J connectivity index is 2.09. The predicted octanol–water partition coefficient (Wildman–Crippen LogP) is 3.25. The Hall–Kier alpha value is -0.870. The summed E-state index contributed by atoms with van der Waals surface area (Å²) < 4.78 is 0. The van der Waals surface area contributed by atoms with E-state index in [9.17, 15) is 9.90 Å². The van der Waals surface area contributed by atoms with Gasteiger partial charge >= 0.3 is 0 Å². The van der Waals surface area contributed by atoms with E-state index in [0.29, 0.717) is 25.9 Å². The van der Waals surface area contributed by atoms with Gasteiger partial charge in [0.1, 0.15) is 0 Å². The Morgan fingerprint density at radius 2 is 2.05 bits per heavy atom. The van der Waals surface area contributed by atoms with Crippen molar-refractivity contribution < 1.29 is 9.90 Å². The standard InChI is InChI=1S/C16H25NO2S/c1-4-6-13-12(5-2)11-14(20-13)15(18)17-9-7-16(3,19)8-10-17/h11,19H,4-10H2,1-3H3. The van der Waals surface area contributed by atoms with Gasteiger partial charge in [-0.2, -0.15) is 0 Å². The van der Waals surface area contributed by atoms with Gasteiger partial charge in [0.05, 0.1) is 10.5 Å². The highest BCUT2D eigenvalue weighted by Gasteiger charge is 2.30. The van der Waals surface area contributed by atoms with Gasteiger partial charge in [0.25, 0.3) is 5.91 Å². The molecule has 0 aliphatic carbocycles. The van der Waals surface area contributed by atoms with Crippen LogP contribution in [0.5, 0.6) is 0 Å². The third-order valence-electron chi connectivity index (χ3n) is 4.09. The van der Waals surface area contributed by atoms with Crippen molar-refractivity contribution >= 4 is 17.2 Å². The summed E-state index contributed by atoms with van der Waals surface area (Å²) in [5.41, 5.74) is 0.720. The number of likely N-dealkylation sites (tertiary alicyclic amines) is 1. The lowest BCUT2D eigenvalue weighted by atomic mass is 9.94. The predicted molar refractivity (Wildman–Crippen MR) is 83.5 cm³/mol. The van der Waals surface area contributed by atoms with Crippen LogP contribution in [0.15, 0.2) is 6.07 Å². The normalized spacial score (nSPS) is 18.3. The van der Waals surface area contributed by atoms with Gasteiger partial charge in [0.15, 0.2) is 0 Å². The van der Waals surface area contributed by atoms with Gasteiger partial charge in [0.2, 0.25) is 0 Å². The van der Waals surface area contributed by atoms with Gasteiger partial charge in [-0.15, -0.1) is 11.3 Å². The van der Waals surface area contributed by atoms with Crippen LogP contribution in [0.3, 0.4) is 0 Å². The average molecular weight is 295 g/mol. The van der Waals surface area contributed by atoms with Crippen LogP contribution in [0, 0.1) is 0 Å². The highest BCUT2D eigenvalue weighted by molar-refractivity contribution is 7.14. The molecule has 0 aromatic carbocycles. The molecule has 20 heavy (non-hydrogen) atoms. The molecule has 1 saturated heterocycles. The van der Waals surface area contributed by atoms with Crippen molar-refractivity contribution in [1.29, 1.82) is 0 Å². The molecule has 0 saturated carbocycles. The molecule has 1 aromatic rings. The lowest BCUT2D eigenvalue weighted by molar-refractivity contribution is -0.00188. The van der Waals surface area contributed by atoms with Crippen molar-refractivity contribution in [3.8, 4) is 0 Å². The second kappa shape index (κ2) is 6.27. The van der Waals surface area contributed by atoms with E-state index in [2.05, 4.69) is 19.9 Å². The lowest BCUT2D eigenvalue weighted by Crippen LogP contribution is -2.44. The number of amides is 1. The summed E-state index contributed by atoms with van der Waals surface area (Å²) in [6.45, 7) is 7.50. The van der Waals surface area contributed by atoms with Crippen molar-refractivity contribution in [3.63, 3.8) is 0 Å². The molecule has 1 amide bonds. The van der Waals surface area contributed by atoms with Crippen LogP contribution in [0.25, 0.3) is 0 Å². The zero-order chi connectivity index (χ0) is 14.8. The quantitative estimate of drug-likeness (QED) is 0.926. The number of aryl methyl sites for hydroxylation is 2. The van der Waals surface area contributed by atoms with Crippen molar-refractivity contribution in [1.82, 2.24) is 4.90 Å². The van der Waals surface area contributed by atoms with E-state index in [1.807, 2.05) is 11.8 Å². The summed E-state index contributed by atoms with van der Waals surface area (Å²) >= 11 is 1.66. The molecule has 3 nitrogen and oxygen atoms in total. The van der Waals surface area contributed by atoms with Crippen molar-refractivity contribution in [2.45, 2.75) is 58.5 Å². The molecule has 112 valence electrons. The topological polar surface area (TPSA) is 40.5 Å². The Bertz CT molecular complexity index is 469. The third kappa shape index (κ3) is 3.41. The Morgan fingerprint density at radius 3 is 2.60 bits per heavy atom. The van der Waals surface area contributed by atoms with E-state index in [-0.39, 0.29) is 5.91 Å². The minimum Gasteiger partial charge on any atom is -0.390 e. The zero-order valence-electron chi connectivity index (χ0n) is 12.7.